The van der Waals surface area contributed by atoms with Crippen LogP contribution in [-0.4, -0.2) is 38.1 Å². The van der Waals surface area contributed by atoms with Gasteiger partial charge < -0.3 is 5.11 Å². The van der Waals surface area contributed by atoms with Gasteiger partial charge in [-0.3, -0.25) is 4.90 Å². The first-order valence-electron chi connectivity index (χ1n) is 7.31. The molecule has 0 spiro atoms. The molecule has 2 heterocycles. The van der Waals surface area contributed by atoms with Gasteiger partial charge in [-0.2, -0.15) is 4.37 Å². The molecule has 0 unspecified atom stereocenters. The molecule has 1 N–H and O–H groups in total. The maximum atomic E-state index is 9.61. The summed E-state index contributed by atoms with van der Waals surface area (Å²) in [6, 6.07) is 0.500. The molecule has 0 aliphatic carbocycles. The van der Waals surface area contributed by atoms with Crippen molar-refractivity contribution in [3.05, 3.63) is 10.8 Å². The van der Waals surface area contributed by atoms with Crippen molar-refractivity contribution < 1.29 is 5.11 Å². The van der Waals surface area contributed by atoms with E-state index in [9.17, 15) is 5.11 Å². The first-order chi connectivity index (χ1) is 9.06. The zero-order valence-electron chi connectivity index (χ0n) is 12.2. The van der Waals surface area contributed by atoms with Crippen LogP contribution in [0, 0.1) is 0 Å². The lowest BCUT2D eigenvalue weighted by atomic mass is 9.97. The number of hydrogen-bond acceptors (Lipinski definition) is 5. The molecule has 1 aliphatic rings. The summed E-state index contributed by atoms with van der Waals surface area (Å²) in [5.41, 5.74) is 0. The molecule has 0 saturated carbocycles. The fraction of sp³-hybridized carbons (Fsp3) is 0.857. The van der Waals surface area contributed by atoms with E-state index in [2.05, 4.69) is 28.1 Å². The highest BCUT2D eigenvalue weighted by molar-refractivity contribution is 7.05. The third-order valence-corrected chi connectivity index (χ3v) is 4.41. The van der Waals surface area contributed by atoms with E-state index in [1.54, 1.807) is 0 Å². The van der Waals surface area contributed by atoms with E-state index < -0.39 is 0 Å². The molecule has 108 valence electrons. The van der Waals surface area contributed by atoms with Crippen LogP contribution in [0.5, 0.6) is 0 Å². The Bertz CT molecular complexity index is 392. The monoisotopic (exact) mass is 283 g/mol. The molecule has 1 aromatic rings. The maximum Gasteiger partial charge on any atom is 0.145 e. The molecule has 1 aliphatic heterocycles. The lowest BCUT2D eigenvalue weighted by Gasteiger charge is -2.35. The minimum absolute atomic E-state index is 0.216. The first kappa shape index (κ1) is 14.9. The Morgan fingerprint density at radius 3 is 2.79 bits per heavy atom. The number of likely N-dealkylation sites (tertiary alicyclic amines) is 1. The summed E-state index contributed by atoms with van der Waals surface area (Å²) in [4.78, 5) is 7.09. The molecule has 1 aromatic heterocycles. The number of aliphatic hydroxyl groups is 1. The van der Waals surface area contributed by atoms with Crippen molar-refractivity contribution in [3.63, 3.8) is 0 Å². The molecule has 1 fully saturated rings. The molecule has 0 radical (unpaired) electrons. The average Bonchev–Trinajstić information content (AvgIpc) is 2.80. The highest BCUT2D eigenvalue weighted by Crippen LogP contribution is 2.24. The van der Waals surface area contributed by atoms with E-state index in [4.69, 9.17) is 0 Å². The number of rotatable bonds is 5. The van der Waals surface area contributed by atoms with Crippen LogP contribution in [0.4, 0.5) is 0 Å². The number of aliphatic hydroxyl groups excluding tert-OH is 1. The zero-order chi connectivity index (χ0) is 13.8. The fourth-order valence-corrected chi connectivity index (χ4v) is 3.48. The van der Waals surface area contributed by atoms with Crippen molar-refractivity contribution in [2.75, 3.05) is 6.54 Å². The molecule has 0 aromatic carbocycles. The SMILES string of the molecule is CC(C)c1nsc(CN2CCCC[C@H]2C[C@H](C)O)n1. The van der Waals surface area contributed by atoms with Crippen LogP contribution in [0.15, 0.2) is 0 Å². The smallest absolute Gasteiger partial charge is 0.145 e. The normalized spacial score (nSPS) is 22.9. The summed E-state index contributed by atoms with van der Waals surface area (Å²) >= 11 is 1.53. The molecular weight excluding hydrogens is 258 g/mol. The zero-order valence-corrected chi connectivity index (χ0v) is 13.0. The quantitative estimate of drug-likeness (QED) is 0.903. The predicted molar refractivity (Wildman–Crippen MR) is 78.3 cm³/mol. The van der Waals surface area contributed by atoms with E-state index in [0.717, 1.165) is 30.3 Å². The molecular formula is C14H25N3OS. The van der Waals surface area contributed by atoms with Gasteiger partial charge in [0, 0.05) is 12.0 Å². The minimum atomic E-state index is -0.216. The minimum Gasteiger partial charge on any atom is -0.393 e. The average molecular weight is 283 g/mol. The Morgan fingerprint density at radius 1 is 1.37 bits per heavy atom. The predicted octanol–water partition coefficient (Wildman–Crippen LogP) is 2.79. The largest absolute Gasteiger partial charge is 0.393 e. The summed E-state index contributed by atoms with van der Waals surface area (Å²) in [5.74, 6) is 1.36. The van der Waals surface area contributed by atoms with Gasteiger partial charge in [-0.25, -0.2) is 4.98 Å². The van der Waals surface area contributed by atoms with E-state index in [-0.39, 0.29) is 6.10 Å². The number of aromatic nitrogens is 2. The Balaban J connectivity index is 1.98. The van der Waals surface area contributed by atoms with Crippen LogP contribution in [0.3, 0.4) is 0 Å². The summed E-state index contributed by atoms with van der Waals surface area (Å²) < 4.78 is 4.42. The Kier molecular flexibility index (Phi) is 5.30. The molecule has 19 heavy (non-hydrogen) atoms. The van der Waals surface area contributed by atoms with Crippen LogP contribution >= 0.6 is 11.5 Å². The third-order valence-electron chi connectivity index (χ3n) is 3.70. The lowest BCUT2D eigenvalue weighted by molar-refractivity contribution is 0.0817. The fourth-order valence-electron chi connectivity index (χ4n) is 2.67. The van der Waals surface area contributed by atoms with Crippen molar-refractivity contribution in [2.45, 2.75) is 71.1 Å². The number of nitrogens with zero attached hydrogens (tertiary/aromatic N) is 3. The van der Waals surface area contributed by atoms with Gasteiger partial charge >= 0.3 is 0 Å². The summed E-state index contributed by atoms with van der Waals surface area (Å²) in [6.07, 6.45) is 4.38. The second kappa shape index (κ2) is 6.77. The van der Waals surface area contributed by atoms with Gasteiger partial charge in [-0.05, 0) is 44.3 Å². The van der Waals surface area contributed by atoms with Gasteiger partial charge in [0.05, 0.1) is 12.6 Å². The van der Waals surface area contributed by atoms with Gasteiger partial charge in [0.25, 0.3) is 0 Å². The van der Waals surface area contributed by atoms with Gasteiger partial charge in [0.2, 0.25) is 0 Å². The molecule has 5 heteroatoms. The van der Waals surface area contributed by atoms with E-state index in [1.807, 2.05) is 6.92 Å². The number of hydrogen-bond donors (Lipinski definition) is 1. The van der Waals surface area contributed by atoms with Gasteiger partial charge in [0.1, 0.15) is 10.8 Å². The third kappa shape index (κ3) is 4.23. The molecule has 2 atom stereocenters. The van der Waals surface area contributed by atoms with Gasteiger partial charge in [0.15, 0.2) is 0 Å². The summed E-state index contributed by atoms with van der Waals surface area (Å²) in [7, 11) is 0. The van der Waals surface area contributed by atoms with Crippen LogP contribution in [0.1, 0.15) is 63.2 Å². The lowest BCUT2D eigenvalue weighted by Crippen LogP contribution is -2.40. The van der Waals surface area contributed by atoms with E-state index in [1.165, 1.54) is 30.8 Å². The standard InChI is InChI=1S/C14H25N3OS/c1-10(2)14-15-13(19-16-14)9-17-7-5-4-6-12(17)8-11(3)18/h10-12,18H,4-9H2,1-3H3/t11-,12-/m0/s1. The van der Waals surface area contributed by atoms with E-state index in [0.29, 0.717) is 12.0 Å². The van der Waals surface area contributed by atoms with Crippen LogP contribution in [-0.2, 0) is 6.54 Å². The Hall–Kier alpha value is -0.520. The second-order valence-electron chi connectivity index (χ2n) is 5.91. The first-order valence-corrected chi connectivity index (χ1v) is 8.08. The van der Waals surface area contributed by atoms with Crippen molar-refractivity contribution >= 4 is 11.5 Å². The number of piperidine rings is 1. The molecule has 0 amide bonds. The van der Waals surface area contributed by atoms with Crippen LogP contribution in [0.2, 0.25) is 0 Å². The molecule has 2 rings (SSSR count). The van der Waals surface area contributed by atoms with Crippen LogP contribution < -0.4 is 0 Å². The summed E-state index contributed by atoms with van der Waals surface area (Å²) in [6.45, 7) is 8.15. The summed E-state index contributed by atoms with van der Waals surface area (Å²) in [5, 5.41) is 10.7. The Morgan fingerprint density at radius 2 is 2.16 bits per heavy atom. The topological polar surface area (TPSA) is 49.2 Å². The van der Waals surface area contributed by atoms with Gasteiger partial charge in [-0.15, -0.1) is 0 Å². The molecule has 0 bridgehead atoms. The molecule has 1 saturated heterocycles. The highest BCUT2D eigenvalue weighted by atomic mass is 32.1. The van der Waals surface area contributed by atoms with Crippen molar-refractivity contribution in [1.82, 2.24) is 14.3 Å². The van der Waals surface area contributed by atoms with Crippen molar-refractivity contribution in [1.29, 1.82) is 0 Å². The highest BCUT2D eigenvalue weighted by Gasteiger charge is 2.24. The second-order valence-corrected chi connectivity index (χ2v) is 6.74. The maximum absolute atomic E-state index is 9.61. The molecule has 4 nitrogen and oxygen atoms in total. The van der Waals surface area contributed by atoms with Crippen molar-refractivity contribution in [3.8, 4) is 0 Å². The van der Waals surface area contributed by atoms with Gasteiger partial charge in [-0.1, -0.05) is 20.3 Å². The van der Waals surface area contributed by atoms with Crippen molar-refractivity contribution in [2.24, 2.45) is 0 Å². The van der Waals surface area contributed by atoms with E-state index >= 15 is 0 Å². The Labute approximate surface area is 120 Å². The van der Waals surface area contributed by atoms with Crippen LogP contribution in [0.25, 0.3) is 0 Å².